The first kappa shape index (κ1) is 15.8. The Kier molecular flexibility index (Phi) is 4.38. The second-order valence-electron chi connectivity index (χ2n) is 7.33. The Bertz CT molecular complexity index is 672. The Hall–Kier alpha value is -1.71. The van der Waals surface area contributed by atoms with Gasteiger partial charge >= 0.3 is 0 Å². The number of hydrogen-bond acceptors (Lipinski definition) is 2. The molecule has 2 aliphatic rings. The molecule has 2 aromatic rings. The van der Waals surface area contributed by atoms with Gasteiger partial charge in [0.25, 0.3) is 0 Å². The molecule has 3 heteroatoms. The van der Waals surface area contributed by atoms with E-state index in [1.807, 2.05) is 18.2 Å². The van der Waals surface area contributed by atoms with Crippen LogP contribution in [0.1, 0.15) is 29.9 Å². The predicted molar refractivity (Wildman–Crippen MR) is 93.1 cm³/mol. The summed E-state index contributed by atoms with van der Waals surface area (Å²) >= 11 is 0. The number of aliphatic hydroxyl groups is 1. The number of likely N-dealkylation sites (tertiary alicyclic amines) is 1. The second-order valence-corrected chi connectivity index (χ2v) is 7.33. The van der Waals surface area contributed by atoms with Crippen molar-refractivity contribution < 1.29 is 9.50 Å². The number of hydrogen-bond donors (Lipinski definition) is 1. The average Bonchev–Trinajstić information content (AvgIpc) is 2.99. The molecule has 0 unspecified atom stereocenters. The first-order chi connectivity index (χ1) is 11.7. The lowest BCUT2D eigenvalue weighted by molar-refractivity contribution is 0.0590. The topological polar surface area (TPSA) is 23.5 Å². The molecule has 0 amide bonds. The molecule has 0 bridgehead atoms. The third-order valence-corrected chi connectivity index (χ3v) is 5.78. The minimum Gasteiger partial charge on any atom is -0.392 e. The van der Waals surface area contributed by atoms with Crippen LogP contribution in [0.5, 0.6) is 0 Å². The summed E-state index contributed by atoms with van der Waals surface area (Å²) in [5.41, 5.74) is 2.43. The minimum absolute atomic E-state index is 0.130. The summed E-state index contributed by atoms with van der Waals surface area (Å²) in [5, 5.41) is 10.6. The molecular formula is C21H24FNO. The highest BCUT2D eigenvalue weighted by molar-refractivity contribution is 5.25. The molecule has 1 aliphatic carbocycles. The van der Waals surface area contributed by atoms with Crippen LogP contribution in [-0.4, -0.2) is 29.2 Å². The summed E-state index contributed by atoms with van der Waals surface area (Å²) in [6.07, 6.45) is 1.63. The van der Waals surface area contributed by atoms with Crippen molar-refractivity contribution in [2.24, 2.45) is 11.8 Å². The van der Waals surface area contributed by atoms with Gasteiger partial charge in [0.1, 0.15) is 5.82 Å². The van der Waals surface area contributed by atoms with Crippen molar-refractivity contribution in [3.63, 3.8) is 0 Å². The molecule has 2 fully saturated rings. The third-order valence-electron chi connectivity index (χ3n) is 5.78. The van der Waals surface area contributed by atoms with Gasteiger partial charge in [-0.1, -0.05) is 42.5 Å². The number of benzene rings is 2. The van der Waals surface area contributed by atoms with E-state index in [0.717, 1.165) is 38.0 Å². The lowest BCUT2D eigenvalue weighted by Crippen LogP contribution is -2.35. The smallest absolute Gasteiger partial charge is 0.123 e. The molecule has 1 heterocycles. The van der Waals surface area contributed by atoms with E-state index in [2.05, 4.69) is 29.2 Å². The highest BCUT2D eigenvalue weighted by Gasteiger charge is 2.44. The van der Waals surface area contributed by atoms with Crippen molar-refractivity contribution >= 4 is 0 Å². The Labute approximate surface area is 142 Å². The molecule has 0 radical (unpaired) electrons. The molecule has 24 heavy (non-hydrogen) atoms. The largest absolute Gasteiger partial charge is 0.392 e. The van der Waals surface area contributed by atoms with E-state index in [1.54, 1.807) is 0 Å². The van der Waals surface area contributed by atoms with Crippen LogP contribution in [0.15, 0.2) is 54.6 Å². The summed E-state index contributed by atoms with van der Waals surface area (Å²) in [6, 6.07) is 17.3. The number of nitrogens with zero attached hydrogens (tertiary/aromatic N) is 1. The van der Waals surface area contributed by atoms with Crippen molar-refractivity contribution in [1.82, 2.24) is 4.90 Å². The number of aliphatic hydroxyl groups excluding tert-OH is 1. The van der Waals surface area contributed by atoms with Crippen LogP contribution < -0.4 is 0 Å². The van der Waals surface area contributed by atoms with Crippen LogP contribution >= 0.6 is 0 Å². The summed E-state index contributed by atoms with van der Waals surface area (Å²) in [6.45, 7) is 3.09. The van der Waals surface area contributed by atoms with Crippen LogP contribution in [0.4, 0.5) is 4.39 Å². The van der Waals surface area contributed by atoms with Gasteiger partial charge in [-0.15, -0.1) is 0 Å². The van der Waals surface area contributed by atoms with Crippen LogP contribution in [0, 0.1) is 17.7 Å². The molecule has 1 N–H and O–H groups in total. The Morgan fingerprint density at radius 2 is 1.71 bits per heavy atom. The molecular weight excluding hydrogens is 301 g/mol. The SMILES string of the molecule is O[C@H]1CC[C@H]2CN(Cc3ccccc3)C[C@H]2[C@@H]1c1ccc(F)cc1. The van der Waals surface area contributed by atoms with E-state index in [1.165, 1.54) is 17.7 Å². The van der Waals surface area contributed by atoms with Gasteiger partial charge in [-0.05, 0) is 47.9 Å². The van der Waals surface area contributed by atoms with Crippen LogP contribution in [-0.2, 0) is 6.54 Å². The van der Waals surface area contributed by atoms with E-state index < -0.39 is 0 Å². The van der Waals surface area contributed by atoms with Crippen molar-refractivity contribution in [3.05, 3.63) is 71.5 Å². The fourth-order valence-electron chi connectivity index (χ4n) is 4.68. The highest BCUT2D eigenvalue weighted by atomic mass is 19.1. The molecule has 126 valence electrons. The average molecular weight is 325 g/mol. The van der Waals surface area contributed by atoms with Crippen molar-refractivity contribution in [3.8, 4) is 0 Å². The summed E-state index contributed by atoms with van der Waals surface area (Å²) in [4.78, 5) is 2.51. The number of halogens is 1. The van der Waals surface area contributed by atoms with E-state index in [4.69, 9.17) is 0 Å². The normalized spacial score (nSPS) is 30.2. The second kappa shape index (κ2) is 6.66. The fraction of sp³-hybridized carbons (Fsp3) is 0.429. The maximum atomic E-state index is 13.3. The molecule has 1 saturated carbocycles. The molecule has 1 aliphatic heterocycles. The first-order valence-electron chi connectivity index (χ1n) is 8.90. The highest BCUT2D eigenvalue weighted by Crippen LogP contribution is 2.45. The standard InChI is InChI=1S/C21H24FNO/c22-18-9-6-16(7-10-18)21-19-14-23(12-15-4-2-1-3-5-15)13-17(19)8-11-20(21)24/h1-7,9-10,17,19-21,24H,8,11-14H2/t17-,19+,20-,21-/m0/s1. The van der Waals surface area contributed by atoms with Gasteiger partial charge < -0.3 is 5.11 Å². The Morgan fingerprint density at radius 1 is 0.958 bits per heavy atom. The summed E-state index contributed by atoms with van der Waals surface area (Å²) < 4.78 is 13.3. The Balaban J connectivity index is 1.53. The van der Waals surface area contributed by atoms with Gasteiger partial charge in [0.2, 0.25) is 0 Å². The van der Waals surface area contributed by atoms with E-state index in [-0.39, 0.29) is 17.8 Å². The fourth-order valence-corrected chi connectivity index (χ4v) is 4.68. The molecule has 4 atom stereocenters. The van der Waals surface area contributed by atoms with Crippen LogP contribution in [0.3, 0.4) is 0 Å². The van der Waals surface area contributed by atoms with E-state index in [9.17, 15) is 9.50 Å². The zero-order valence-corrected chi connectivity index (χ0v) is 13.8. The van der Waals surface area contributed by atoms with Crippen molar-refractivity contribution in [1.29, 1.82) is 0 Å². The molecule has 2 nitrogen and oxygen atoms in total. The summed E-state index contributed by atoms with van der Waals surface area (Å²) in [5.74, 6) is 1.01. The molecule has 0 aromatic heterocycles. The molecule has 2 aromatic carbocycles. The van der Waals surface area contributed by atoms with Gasteiger partial charge in [-0.25, -0.2) is 4.39 Å². The zero-order valence-electron chi connectivity index (χ0n) is 13.8. The van der Waals surface area contributed by atoms with Crippen LogP contribution in [0.2, 0.25) is 0 Å². The van der Waals surface area contributed by atoms with Gasteiger partial charge in [-0.2, -0.15) is 0 Å². The van der Waals surface area contributed by atoms with Crippen LogP contribution in [0.25, 0.3) is 0 Å². The van der Waals surface area contributed by atoms with Crippen molar-refractivity contribution in [2.45, 2.75) is 31.4 Å². The van der Waals surface area contributed by atoms with Gasteiger partial charge in [0.15, 0.2) is 0 Å². The zero-order chi connectivity index (χ0) is 16.5. The summed E-state index contributed by atoms with van der Waals surface area (Å²) in [7, 11) is 0. The predicted octanol–water partition coefficient (Wildman–Crippen LogP) is 3.81. The molecule has 1 saturated heterocycles. The van der Waals surface area contributed by atoms with Gasteiger partial charge in [0, 0.05) is 25.6 Å². The van der Waals surface area contributed by atoms with Crippen molar-refractivity contribution in [2.75, 3.05) is 13.1 Å². The Morgan fingerprint density at radius 3 is 2.46 bits per heavy atom. The number of fused-ring (bicyclic) bond motifs is 1. The quantitative estimate of drug-likeness (QED) is 0.927. The van der Waals surface area contributed by atoms with Gasteiger partial charge in [0.05, 0.1) is 6.10 Å². The molecule has 4 rings (SSSR count). The minimum atomic E-state index is -0.312. The lowest BCUT2D eigenvalue weighted by atomic mass is 9.69. The lowest BCUT2D eigenvalue weighted by Gasteiger charge is -2.37. The maximum absolute atomic E-state index is 13.3. The first-order valence-corrected chi connectivity index (χ1v) is 8.90. The van der Waals surface area contributed by atoms with Gasteiger partial charge in [-0.3, -0.25) is 4.90 Å². The third kappa shape index (κ3) is 3.11. The number of rotatable bonds is 3. The van der Waals surface area contributed by atoms with E-state index >= 15 is 0 Å². The monoisotopic (exact) mass is 325 g/mol. The van der Waals surface area contributed by atoms with E-state index in [0.29, 0.717) is 11.8 Å². The maximum Gasteiger partial charge on any atom is 0.123 e. The molecule has 0 spiro atoms.